The van der Waals surface area contributed by atoms with Crippen LogP contribution in [0.5, 0.6) is 0 Å². The third-order valence-corrected chi connectivity index (χ3v) is 2.47. The molecular weight excluding hydrogens is 240 g/mol. The zero-order valence-corrected chi connectivity index (χ0v) is 8.44. The van der Waals surface area contributed by atoms with Gasteiger partial charge >= 0.3 is 12.2 Å². The van der Waals surface area contributed by atoms with Crippen molar-refractivity contribution in [3.05, 3.63) is 35.1 Å². The highest BCUT2D eigenvalue weighted by molar-refractivity contribution is 5.76. The summed E-state index contributed by atoms with van der Waals surface area (Å²) in [6, 6.07) is 1.68. The van der Waals surface area contributed by atoms with Crippen molar-refractivity contribution in [3.8, 4) is 0 Å². The van der Waals surface area contributed by atoms with Crippen LogP contribution in [-0.4, -0.2) is 12.6 Å². The Hall–Kier alpha value is -1.79. The Morgan fingerprint density at radius 1 is 1.29 bits per heavy atom. The van der Waals surface area contributed by atoms with E-state index in [4.69, 9.17) is 0 Å². The van der Waals surface area contributed by atoms with Crippen LogP contribution in [0.2, 0.25) is 0 Å². The number of benzene rings is 1. The van der Waals surface area contributed by atoms with E-state index < -0.39 is 29.6 Å². The number of halogens is 4. The fraction of sp³-hybridized carbons (Fsp3) is 0.300. The van der Waals surface area contributed by atoms with Gasteiger partial charge in [-0.05, 0) is 17.7 Å². The highest BCUT2D eigenvalue weighted by Gasteiger charge is 2.35. The van der Waals surface area contributed by atoms with Gasteiger partial charge in [0.2, 0.25) is 0 Å². The zero-order valence-electron chi connectivity index (χ0n) is 8.44. The molecule has 0 bridgehead atoms. The maximum atomic E-state index is 13.0. The summed E-state index contributed by atoms with van der Waals surface area (Å²) in [7, 11) is 0. The van der Waals surface area contributed by atoms with Gasteiger partial charge in [0.15, 0.2) is 0 Å². The lowest BCUT2D eigenvalue weighted by molar-refractivity contribution is -0.140. The molecule has 0 saturated carbocycles. The largest absolute Gasteiger partial charge is 0.419 e. The molecule has 0 aromatic heterocycles. The first-order chi connectivity index (χ1) is 7.88. The number of hydrogen-bond donors (Lipinski definition) is 2. The van der Waals surface area contributed by atoms with E-state index in [-0.39, 0.29) is 12.1 Å². The van der Waals surface area contributed by atoms with Crippen LogP contribution in [0.4, 0.5) is 22.4 Å². The van der Waals surface area contributed by atoms with Crippen molar-refractivity contribution >= 4 is 6.03 Å². The number of carbonyl (C=O) groups is 1. The van der Waals surface area contributed by atoms with Gasteiger partial charge in [-0.15, -0.1) is 0 Å². The van der Waals surface area contributed by atoms with Crippen molar-refractivity contribution in [1.29, 1.82) is 0 Å². The number of carbonyl (C=O) groups excluding carboxylic acids is 1. The molecule has 17 heavy (non-hydrogen) atoms. The Labute approximate surface area is 93.8 Å². The summed E-state index contributed by atoms with van der Waals surface area (Å²) < 4.78 is 50.4. The highest BCUT2D eigenvalue weighted by Crippen LogP contribution is 2.33. The molecule has 1 heterocycles. The SMILES string of the molecule is O=C1NC[C@H](c2ccc(F)c(C(F)(F)F)c2)N1. The molecule has 1 saturated heterocycles. The van der Waals surface area contributed by atoms with Crippen LogP contribution in [0.15, 0.2) is 18.2 Å². The number of alkyl halides is 3. The molecule has 1 fully saturated rings. The average molecular weight is 248 g/mol. The summed E-state index contributed by atoms with van der Waals surface area (Å²) in [6.07, 6.45) is -4.74. The second-order valence-corrected chi connectivity index (χ2v) is 3.64. The Morgan fingerprint density at radius 3 is 2.53 bits per heavy atom. The Kier molecular flexibility index (Phi) is 2.68. The molecule has 1 aliphatic heterocycles. The van der Waals surface area contributed by atoms with E-state index >= 15 is 0 Å². The van der Waals surface area contributed by atoms with Gasteiger partial charge in [-0.2, -0.15) is 13.2 Å². The summed E-state index contributed by atoms with van der Waals surface area (Å²) in [6.45, 7) is 0.182. The molecule has 1 aliphatic rings. The number of rotatable bonds is 1. The van der Waals surface area contributed by atoms with Gasteiger partial charge in [0.1, 0.15) is 5.82 Å². The number of amides is 2. The van der Waals surface area contributed by atoms with Crippen molar-refractivity contribution in [3.63, 3.8) is 0 Å². The number of nitrogens with one attached hydrogen (secondary N) is 2. The molecule has 1 aromatic carbocycles. The van der Waals surface area contributed by atoms with Crippen molar-refractivity contribution in [2.45, 2.75) is 12.2 Å². The molecule has 7 heteroatoms. The first kappa shape index (κ1) is 11.7. The highest BCUT2D eigenvalue weighted by atomic mass is 19.4. The number of urea groups is 1. The molecule has 1 atom stereocenters. The van der Waals surface area contributed by atoms with Crippen LogP contribution in [0, 0.1) is 5.82 Å². The second-order valence-electron chi connectivity index (χ2n) is 3.64. The van der Waals surface area contributed by atoms with Crippen LogP contribution < -0.4 is 10.6 Å². The topological polar surface area (TPSA) is 41.1 Å². The minimum atomic E-state index is -4.74. The molecule has 1 aromatic rings. The fourth-order valence-corrected chi connectivity index (χ4v) is 1.63. The molecule has 0 aliphatic carbocycles. The van der Waals surface area contributed by atoms with Crippen molar-refractivity contribution in [2.24, 2.45) is 0 Å². The average Bonchev–Trinajstić information content (AvgIpc) is 2.64. The second kappa shape index (κ2) is 3.90. The predicted molar refractivity (Wildman–Crippen MR) is 50.7 cm³/mol. The fourth-order valence-electron chi connectivity index (χ4n) is 1.63. The molecule has 92 valence electrons. The molecule has 0 spiro atoms. The van der Waals surface area contributed by atoms with Gasteiger partial charge in [0, 0.05) is 6.54 Å². The summed E-state index contributed by atoms with van der Waals surface area (Å²) >= 11 is 0. The van der Waals surface area contributed by atoms with E-state index in [9.17, 15) is 22.4 Å². The van der Waals surface area contributed by atoms with Gasteiger partial charge in [-0.3, -0.25) is 0 Å². The van der Waals surface area contributed by atoms with Crippen molar-refractivity contribution in [2.75, 3.05) is 6.54 Å². The monoisotopic (exact) mass is 248 g/mol. The van der Waals surface area contributed by atoms with Crippen LogP contribution in [0.1, 0.15) is 17.2 Å². The lowest BCUT2D eigenvalue weighted by atomic mass is 10.0. The molecule has 2 N–H and O–H groups in total. The van der Waals surface area contributed by atoms with E-state index in [2.05, 4.69) is 10.6 Å². The van der Waals surface area contributed by atoms with E-state index in [0.717, 1.165) is 6.07 Å². The van der Waals surface area contributed by atoms with Gasteiger partial charge < -0.3 is 10.6 Å². The van der Waals surface area contributed by atoms with Crippen molar-refractivity contribution in [1.82, 2.24) is 10.6 Å². The number of hydrogen-bond acceptors (Lipinski definition) is 1. The standard InChI is InChI=1S/C10H8F4N2O/c11-7-2-1-5(3-6(7)10(12,13)14)8-4-15-9(17)16-8/h1-3,8H,4H2,(H2,15,16,17)/t8-/m1/s1. The maximum Gasteiger partial charge on any atom is 0.419 e. The summed E-state index contributed by atoms with van der Waals surface area (Å²) in [5, 5.41) is 4.84. The van der Waals surface area contributed by atoms with Gasteiger partial charge in [0.05, 0.1) is 11.6 Å². The lowest BCUT2D eigenvalue weighted by Crippen LogP contribution is -2.22. The van der Waals surface area contributed by atoms with Crippen LogP contribution >= 0.6 is 0 Å². The van der Waals surface area contributed by atoms with Gasteiger partial charge in [-0.1, -0.05) is 6.07 Å². The molecule has 2 amide bonds. The minimum absolute atomic E-state index is 0.182. The van der Waals surface area contributed by atoms with E-state index in [1.807, 2.05) is 0 Å². The Bertz CT molecular complexity index is 458. The van der Waals surface area contributed by atoms with E-state index in [1.165, 1.54) is 6.07 Å². The summed E-state index contributed by atoms with van der Waals surface area (Å²) in [5.74, 6) is -1.32. The van der Waals surface area contributed by atoms with E-state index in [0.29, 0.717) is 6.07 Å². The normalized spacial score (nSPS) is 20.0. The van der Waals surface area contributed by atoms with Gasteiger partial charge in [0.25, 0.3) is 0 Å². The summed E-state index contributed by atoms with van der Waals surface area (Å²) in [5.41, 5.74) is -1.10. The molecule has 3 nitrogen and oxygen atoms in total. The Morgan fingerprint density at radius 2 is 2.00 bits per heavy atom. The summed E-state index contributed by atoms with van der Waals surface area (Å²) in [4.78, 5) is 10.9. The van der Waals surface area contributed by atoms with Gasteiger partial charge in [-0.25, -0.2) is 9.18 Å². The van der Waals surface area contributed by atoms with E-state index in [1.54, 1.807) is 0 Å². The van der Waals surface area contributed by atoms with Crippen molar-refractivity contribution < 1.29 is 22.4 Å². The molecule has 0 radical (unpaired) electrons. The third kappa shape index (κ3) is 2.32. The first-order valence-electron chi connectivity index (χ1n) is 4.79. The minimum Gasteiger partial charge on any atom is -0.336 e. The zero-order chi connectivity index (χ0) is 12.6. The first-order valence-corrected chi connectivity index (χ1v) is 4.79. The molecular formula is C10H8F4N2O. The lowest BCUT2D eigenvalue weighted by Gasteiger charge is -2.13. The smallest absolute Gasteiger partial charge is 0.336 e. The predicted octanol–water partition coefficient (Wildman–Crippen LogP) is 2.20. The third-order valence-electron chi connectivity index (χ3n) is 2.47. The van der Waals surface area contributed by atoms with Crippen LogP contribution in [0.25, 0.3) is 0 Å². The quantitative estimate of drug-likeness (QED) is 0.735. The van der Waals surface area contributed by atoms with Crippen LogP contribution in [0.3, 0.4) is 0 Å². The molecule has 2 rings (SSSR count). The molecule has 0 unspecified atom stereocenters. The van der Waals surface area contributed by atoms with Crippen LogP contribution in [-0.2, 0) is 6.18 Å². The maximum absolute atomic E-state index is 13.0. The Balaban J connectivity index is 2.34.